The predicted octanol–water partition coefficient (Wildman–Crippen LogP) is 1.19. The van der Waals surface area contributed by atoms with Gasteiger partial charge in [0.2, 0.25) is 5.91 Å². The van der Waals surface area contributed by atoms with Gasteiger partial charge in [-0.1, -0.05) is 30.3 Å². The second-order valence-corrected chi connectivity index (χ2v) is 3.37. The number of amides is 1. The molecule has 1 aromatic carbocycles. The van der Waals surface area contributed by atoms with Crippen molar-refractivity contribution in [2.24, 2.45) is 0 Å². The summed E-state index contributed by atoms with van der Waals surface area (Å²) in [5.74, 6) is -0.105. The molecule has 0 fully saturated rings. The fraction of sp³-hybridized carbons (Fsp3) is 0.273. The highest BCUT2D eigenvalue weighted by Gasteiger charge is 2.05. The minimum absolute atomic E-state index is 0.117. The normalized spacial score (nSPS) is 9.47. The second-order valence-electron chi connectivity index (χ2n) is 3.37. The van der Waals surface area contributed by atoms with Gasteiger partial charge in [-0.05, 0) is 5.56 Å². The lowest BCUT2D eigenvalue weighted by atomic mass is 10.2. The molecule has 1 rings (SSSR count). The van der Waals surface area contributed by atoms with E-state index in [1.807, 2.05) is 30.3 Å². The Balaban J connectivity index is 2.52. The lowest BCUT2D eigenvalue weighted by Gasteiger charge is -2.19. The van der Waals surface area contributed by atoms with Crippen molar-refractivity contribution in [1.82, 2.24) is 10.2 Å². The first-order valence-corrected chi connectivity index (χ1v) is 4.71. The van der Waals surface area contributed by atoms with Crippen molar-refractivity contribution in [2.45, 2.75) is 13.5 Å². The number of nitrogens with zero attached hydrogens (tertiary/aromatic N) is 1. The highest BCUT2D eigenvalue weighted by atomic mass is 16.1. The van der Waals surface area contributed by atoms with Crippen LogP contribution in [0.25, 0.3) is 0 Å². The lowest BCUT2D eigenvalue weighted by molar-refractivity contribution is -0.117. The van der Waals surface area contributed by atoms with Crippen molar-refractivity contribution in [1.29, 1.82) is 5.41 Å². The molecule has 0 heterocycles. The van der Waals surface area contributed by atoms with E-state index in [9.17, 15) is 4.79 Å². The Morgan fingerprint density at radius 1 is 1.40 bits per heavy atom. The molecule has 0 saturated carbocycles. The van der Waals surface area contributed by atoms with Gasteiger partial charge in [-0.3, -0.25) is 15.5 Å². The molecule has 0 radical (unpaired) electrons. The molecule has 4 nitrogen and oxygen atoms in total. The molecule has 0 aliphatic carbocycles. The number of carbonyl (C=O) groups is 1. The van der Waals surface area contributed by atoms with Crippen LogP contribution in [0.3, 0.4) is 0 Å². The third-order valence-electron chi connectivity index (χ3n) is 1.94. The Kier molecular flexibility index (Phi) is 3.85. The van der Waals surface area contributed by atoms with Crippen LogP contribution >= 0.6 is 0 Å². The number of carbonyl (C=O) groups excluding carboxylic acids is 1. The van der Waals surface area contributed by atoms with Crippen LogP contribution in [0.1, 0.15) is 12.5 Å². The molecule has 0 bridgehead atoms. The number of benzene rings is 1. The summed E-state index contributed by atoms with van der Waals surface area (Å²) in [4.78, 5) is 12.4. The van der Waals surface area contributed by atoms with Gasteiger partial charge < -0.3 is 4.90 Å². The van der Waals surface area contributed by atoms with Crippen LogP contribution in [-0.4, -0.2) is 23.8 Å². The standard InChI is InChI=1S/C11H15N3O/c1-9(15)13-11(12)14(2)8-10-6-4-3-5-7-10/h3-7H,8H2,1-2H3,(H2,12,13,15). The first kappa shape index (κ1) is 11.2. The van der Waals surface area contributed by atoms with Crippen molar-refractivity contribution in [3.63, 3.8) is 0 Å². The van der Waals surface area contributed by atoms with E-state index in [2.05, 4.69) is 5.32 Å². The SMILES string of the molecule is CC(=O)NC(=N)N(C)Cc1ccccc1. The quantitative estimate of drug-likeness (QED) is 0.563. The van der Waals surface area contributed by atoms with Crippen LogP contribution in [-0.2, 0) is 11.3 Å². The van der Waals surface area contributed by atoms with E-state index in [0.717, 1.165) is 5.56 Å². The van der Waals surface area contributed by atoms with Gasteiger partial charge in [0.1, 0.15) is 0 Å². The molecule has 4 heteroatoms. The third kappa shape index (κ3) is 3.81. The third-order valence-corrected chi connectivity index (χ3v) is 1.94. The molecule has 0 saturated heterocycles. The molecular weight excluding hydrogens is 190 g/mol. The zero-order chi connectivity index (χ0) is 11.3. The van der Waals surface area contributed by atoms with Crippen molar-refractivity contribution >= 4 is 11.9 Å². The van der Waals surface area contributed by atoms with E-state index < -0.39 is 0 Å². The molecule has 0 aliphatic heterocycles. The molecule has 2 N–H and O–H groups in total. The van der Waals surface area contributed by atoms with Crippen LogP contribution in [0.2, 0.25) is 0 Å². The monoisotopic (exact) mass is 205 g/mol. The van der Waals surface area contributed by atoms with Gasteiger partial charge in [0.15, 0.2) is 5.96 Å². The van der Waals surface area contributed by atoms with Crippen molar-refractivity contribution in [3.05, 3.63) is 35.9 Å². The van der Waals surface area contributed by atoms with Gasteiger partial charge in [-0.15, -0.1) is 0 Å². The van der Waals surface area contributed by atoms with Crippen LogP contribution in [0.4, 0.5) is 0 Å². The van der Waals surface area contributed by atoms with E-state index in [-0.39, 0.29) is 11.9 Å². The Bertz CT molecular complexity index is 348. The number of guanidine groups is 1. The lowest BCUT2D eigenvalue weighted by Crippen LogP contribution is -2.39. The topological polar surface area (TPSA) is 56.2 Å². The number of nitrogens with one attached hydrogen (secondary N) is 2. The van der Waals surface area contributed by atoms with E-state index >= 15 is 0 Å². The molecule has 0 aliphatic rings. The fourth-order valence-electron chi connectivity index (χ4n) is 1.20. The fourth-order valence-corrected chi connectivity index (χ4v) is 1.20. The summed E-state index contributed by atoms with van der Waals surface area (Å²) in [6.07, 6.45) is 0. The van der Waals surface area contributed by atoms with E-state index in [1.54, 1.807) is 11.9 Å². The van der Waals surface area contributed by atoms with Crippen LogP contribution in [0.5, 0.6) is 0 Å². The summed E-state index contributed by atoms with van der Waals surface area (Å²) in [5.41, 5.74) is 1.11. The second kappa shape index (κ2) is 5.14. The van der Waals surface area contributed by atoms with Gasteiger partial charge in [0.05, 0.1) is 0 Å². The Morgan fingerprint density at radius 2 is 2.00 bits per heavy atom. The highest BCUT2D eigenvalue weighted by molar-refractivity contribution is 5.94. The first-order valence-electron chi connectivity index (χ1n) is 4.71. The van der Waals surface area contributed by atoms with Gasteiger partial charge in [0.25, 0.3) is 0 Å². The van der Waals surface area contributed by atoms with E-state index in [4.69, 9.17) is 5.41 Å². The van der Waals surface area contributed by atoms with Crippen LogP contribution in [0.15, 0.2) is 30.3 Å². The summed E-state index contributed by atoms with van der Waals surface area (Å²) < 4.78 is 0. The van der Waals surface area contributed by atoms with Gasteiger partial charge in [-0.25, -0.2) is 0 Å². The molecule has 0 aromatic heterocycles. The average molecular weight is 205 g/mol. The molecule has 80 valence electrons. The number of hydrogen-bond donors (Lipinski definition) is 2. The molecule has 0 unspecified atom stereocenters. The number of rotatable bonds is 2. The van der Waals surface area contributed by atoms with Gasteiger partial charge >= 0.3 is 0 Å². The Morgan fingerprint density at radius 3 is 2.53 bits per heavy atom. The zero-order valence-electron chi connectivity index (χ0n) is 8.95. The molecular formula is C11H15N3O. The largest absolute Gasteiger partial charge is 0.342 e. The summed E-state index contributed by atoms with van der Waals surface area (Å²) in [7, 11) is 1.77. The van der Waals surface area contributed by atoms with Crippen LogP contribution in [0, 0.1) is 5.41 Å². The van der Waals surface area contributed by atoms with Gasteiger partial charge in [-0.2, -0.15) is 0 Å². The number of hydrogen-bond acceptors (Lipinski definition) is 2. The average Bonchev–Trinajstić information content (AvgIpc) is 2.18. The maximum Gasteiger partial charge on any atom is 0.223 e. The van der Waals surface area contributed by atoms with Crippen molar-refractivity contribution in [3.8, 4) is 0 Å². The molecule has 15 heavy (non-hydrogen) atoms. The van der Waals surface area contributed by atoms with Crippen molar-refractivity contribution in [2.75, 3.05) is 7.05 Å². The summed E-state index contributed by atoms with van der Waals surface area (Å²) in [6.45, 7) is 2.00. The van der Waals surface area contributed by atoms with Gasteiger partial charge in [0, 0.05) is 20.5 Å². The minimum atomic E-state index is -0.222. The molecule has 0 spiro atoms. The summed E-state index contributed by atoms with van der Waals surface area (Å²) >= 11 is 0. The maximum atomic E-state index is 10.7. The molecule has 1 aromatic rings. The highest BCUT2D eigenvalue weighted by Crippen LogP contribution is 2.01. The Hall–Kier alpha value is -1.84. The Labute approximate surface area is 89.4 Å². The van der Waals surface area contributed by atoms with E-state index in [1.165, 1.54) is 6.92 Å². The first-order chi connectivity index (χ1) is 7.09. The summed E-state index contributed by atoms with van der Waals surface area (Å²) in [6, 6.07) is 9.81. The van der Waals surface area contributed by atoms with Crippen LogP contribution < -0.4 is 5.32 Å². The molecule has 1 amide bonds. The zero-order valence-corrected chi connectivity index (χ0v) is 8.95. The minimum Gasteiger partial charge on any atom is -0.342 e. The predicted molar refractivity (Wildman–Crippen MR) is 59.5 cm³/mol. The smallest absolute Gasteiger partial charge is 0.223 e. The van der Waals surface area contributed by atoms with Crippen molar-refractivity contribution < 1.29 is 4.79 Å². The van der Waals surface area contributed by atoms with E-state index in [0.29, 0.717) is 6.54 Å². The summed E-state index contributed by atoms with van der Waals surface area (Å²) in [5, 5.41) is 10.0. The maximum absolute atomic E-state index is 10.7. The molecule has 0 atom stereocenters.